The van der Waals surface area contributed by atoms with Gasteiger partial charge in [0.05, 0.1) is 0 Å². The quantitative estimate of drug-likeness (QED) is 0.828. The molecule has 0 unspecified atom stereocenters. The van der Waals surface area contributed by atoms with Gasteiger partial charge in [0.25, 0.3) is 5.91 Å². The van der Waals surface area contributed by atoms with Crippen molar-refractivity contribution in [1.29, 1.82) is 0 Å². The Morgan fingerprint density at radius 3 is 2.69 bits per heavy atom. The molecule has 1 rings (SSSR count). The topological polar surface area (TPSA) is 75.1 Å². The minimum atomic E-state index is -0.479. The van der Waals surface area contributed by atoms with Gasteiger partial charge in [-0.3, -0.25) is 4.79 Å². The van der Waals surface area contributed by atoms with Gasteiger partial charge in [0.2, 0.25) is 0 Å². The Morgan fingerprint density at radius 1 is 1.50 bits per heavy atom. The third-order valence-corrected chi connectivity index (χ3v) is 2.25. The second-order valence-electron chi connectivity index (χ2n) is 4.05. The van der Waals surface area contributed by atoms with Crippen molar-refractivity contribution in [3.63, 3.8) is 0 Å². The third kappa shape index (κ3) is 3.75. The first-order valence-electron chi connectivity index (χ1n) is 4.87. The van der Waals surface area contributed by atoms with Crippen LogP contribution in [0.1, 0.15) is 30.8 Å². The number of hydrogen-bond donors (Lipinski definition) is 2. The molecule has 1 aromatic heterocycles. The fourth-order valence-corrected chi connectivity index (χ4v) is 1.25. The lowest BCUT2D eigenvalue weighted by Crippen LogP contribution is -2.44. The molecule has 16 heavy (non-hydrogen) atoms. The molecule has 6 heteroatoms. The Hall–Kier alpha value is -1.20. The van der Waals surface area contributed by atoms with E-state index in [1.165, 1.54) is 12.1 Å². The van der Waals surface area contributed by atoms with Crippen LogP contribution in [0.25, 0.3) is 0 Å². The highest BCUT2D eigenvalue weighted by molar-refractivity contribution is 6.29. The van der Waals surface area contributed by atoms with E-state index in [1.54, 1.807) is 0 Å². The SMILES string of the molecule is CC(C)(CCO)NC(=O)c1ccc(Cl)nn1. The lowest BCUT2D eigenvalue weighted by Gasteiger charge is -2.24. The van der Waals surface area contributed by atoms with Crippen LogP contribution in [0.2, 0.25) is 5.15 Å². The molecule has 2 N–H and O–H groups in total. The number of halogens is 1. The van der Waals surface area contributed by atoms with Gasteiger partial charge in [0, 0.05) is 12.1 Å². The van der Waals surface area contributed by atoms with Crippen molar-refractivity contribution in [1.82, 2.24) is 15.5 Å². The Bertz CT molecular complexity index is 365. The molecule has 88 valence electrons. The standard InChI is InChI=1S/C10H14ClN3O2/c1-10(2,5-6-15)12-9(16)7-3-4-8(11)14-13-7/h3-4,15H,5-6H2,1-2H3,(H,12,16). The zero-order chi connectivity index (χ0) is 12.2. The van der Waals surface area contributed by atoms with Crippen LogP contribution in [0.3, 0.4) is 0 Å². The van der Waals surface area contributed by atoms with Crippen LogP contribution >= 0.6 is 11.6 Å². The maximum absolute atomic E-state index is 11.7. The van der Waals surface area contributed by atoms with Gasteiger partial charge in [-0.25, -0.2) is 0 Å². The van der Waals surface area contributed by atoms with Gasteiger partial charge >= 0.3 is 0 Å². The Labute approximate surface area is 98.8 Å². The van der Waals surface area contributed by atoms with Gasteiger partial charge in [-0.1, -0.05) is 11.6 Å². The summed E-state index contributed by atoms with van der Waals surface area (Å²) in [6.07, 6.45) is 0.472. The fourth-order valence-electron chi connectivity index (χ4n) is 1.15. The number of aliphatic hydroxyl groups excluding tert-OH is 1. The highest BCUT2D eigenvalue weighted by atomic mass is 35.5. The molecule has 5 nitrogen and oxygen atoms in total. The summed E-state index contributed by atoms with van der Waals surface area (Å²) in [5.74, 6) is -0.331. The van der Waals surface area contributed by atoms with Crippen molar-refractivity contribution in [2.45, 2.75) is 25.8 Å². The number of nitrogens with one attached hydrogen (secondary N) is 1. The third-order valence-electron chi connectivity index (χ3n) is 2.05. The van der Waals surface area contributed by atoms with Crippen molar-refractivity contribution in [2.24, 2.45) is 0 Å². The lowest BCUT2D eigenvalue weighted by atomic mass is 10.0. The average Bonchev–Trinajstić information content (AvgIpc) is 2.17. The smallest absolute Gasteiger partial charge is 0.272 e. The van der Waals surface area contributed by atoms with Gasteiger partial charge < -0.3 is 10.4 Å². The van der Waals surface area contributed by atoms with Gasteiger partial charge in [-0.2, -0.15) is 0 Å². The van der Waals surface area contributed by atoms with Crippen LogP contribution < -0.4 is 5.32 Å². The molecule has 0 fully saturated rings. The molecule has 0 aliphatic rings. The molecule has 0 atom stereocenters. The minimum Gasteiger partial charge on any atom is -0.396 e. The number of carbonyl (C=O) groups is 1. The van der Waals surface area contributed by atoms with Crippen molar-refractivity contribution in [3.8, 4) is 0 Å². The predicted octanol–water partition coefficient (Wildman–Crippen LogP) is 1.02. The van der Waals surface area contributed by atoms with Gasteiger partial charge in [0.1, 0.15) is 0 Å². The van der Waals surface area contributed by atoms with E-state index in [9.17, 15) is 4.79 Å². The molecular formula is C10H14ClN3O2. The van der Waals surface area contributed by atoms with Crippen molar-refractivity contribution in [2.75, 3.05) is 6.61 Å². The molecule has 1 aromatic rings. The van der Waals surface area contributed by atoms with E-state index in [0.29, 0.717) is 6.42 Å². The zero-order valence-electron chi connectivity index (χ0n) is 9.20. The highest BCUT2D eigenvalue weighted by Crippen LogP contribution is 2.09. The number of carbonyl (C=O) groups excluding carboxylic acids is 1. The average molecular weight is 244 g/mol. The van der Waals surface area contributed by atoms with Crippen molar-refractivity contribution in [3.05, 3.63) is 23.0 Å². The number of hydrogen-bond acceptors (Lipinski definition) is 4. The molecule has 0 aliphatic heterocycles. The van der Waals surface area contributed by atoms with Crippen LogP contribution in [-0.4, -0.2) is 33.4 Å². The lowest BCUT2D eigenvalue weighted by molar-refractivity contribution is 0.0893. The Morgan fingerprint density at radius 2 is 2.19 bits per heavy atom. The number of aliphatic hydroxyl groups is 1. The van der Waals surface area contributed by atoms with Crippen LogP contribution in [0.5, 0.6) is 0 Å². The normalized spacial score (nSPS) is 11.2. The Kier molecular flexibility index (Phi) is 4.20. The highest BCUT2D eigenvalue weighted by Gasteiger charge is 2.21. The maximum Gasteiger partial charge on any atom is 0.272 e. The molecule has 0 aliphatic carbocycles. The number of aromatic nitrogens is 2. The zero-order valence-corrected chi connectivity index (χ0v) is 9.95. The summed E-state index contributed by atoms with van der Waals surface area (Å²) in [6, 6.07) is 3.00. The largest absolute Gasteiger partial charge is 0.396 e. The van der Waals surface area contributed by atoms with E-state index in [0.717, 1.165) is 0 Å². The Balaban J connectivity index is 2.69. The van der Waals surface area contributed by atoms with Crippen LogP contribution in [-0.2, 0) is 0 Å². The van der Waals surface area contributed by atoms with Crippen LogP contribution in [0, 0.1) is 0 Å². The summed E-state index contributed by atoms with van der Waals surface area (Å²) >= 11 is 5.56. The van der Waals surface area contributed by atoms with Gasteiger partial charge in [-0.05, 0) is 32.4 Å². The maximum atomic E-state index is 11.7. The summed E-state index contributed by atoms with van der Waals surface area (Å²) < 4.78 is 0. The summed E-state index contributed by atoms with van der Waals surface area (Å²) in [5.41, 5.74) is -0.275. The second-order valence-corrected chi connectivity index (χ2v) is 4.44. The first-order valence-corrected chi connectivity index (χ1v) is 5.25. The van der Waals surface area contributed by atoms with E-state index >= 15 is 0 Å². The van der Waals surface area contributed by atoms with Crippen LogP contribution in [0.15, 0.2) is 12.1 Å². The second kappa shape index (κ2) is 5.23. The van der Waals surface area contributed by atoms with Gasteiger partial charge in [0.15, 0.2) is 10.8 Å². The predicted molar refractivity (Wildman–Crippen MR) is 60.3 cm³/mol. The molecule has 0 aromatic carbocycles. The molecule has 1 heterocycles. The van der Waals surface area contributed by atoms with E-state index in [1.807, 2.05) is 13.8 Å². The summed E-state index contributed by atoms with van der Waals surface area (Å²) in [7, 11) is 0. The summed E-state index contributed by atoms with van der Waals surface area (Å²) in [6.45, 7) is 3.66. The van der Waals surface area contributed by atoms with E-state index in [2.05, 4.69) is 15.5 Å². The van der Waals surface area contributed by atoms with Crippen molar-refractivity contribution >= 4 is 17.5 Å². The summed E-state index contributed by atoms with van der Waals surface area (Å²) in [5, 5.41) is 19.1. The molecule has 1 amide bonds. The number of rotatable bonds is 4. The van der Waals surface area contributed by atoms with E-state index < -0.39 is 5.54 Å². The van der Waals surface area contributed by atoms with E-state index in [-0.39, 0.29) is 23.4 Å². The van der Waals surface area contributed by atoms with Crippen LogP contribution in [0.4, 0.5) is 0 Å². The molecule has 0 saturated carbocycles. The monoisotopic (exact) mass is 243 g/mol. The summed E-state index contributed by atoms with van der Waals surface area (Å²) in [4.78, 5) is 11.7. The molecule has 0 radical (unpaired) electrons. The fraction of sp³-hybridized carbons (Fsp3) is 0.500. The van der Waals surface area contributed by atoms with Crippen molar-refractivity contribution < 1.29 is 9.90 Å². The number of nitrogens with zero attached hydrogens (tertiary/aromatic N) is 2. The first-order chi connectivity index (χ1) is 7.44. The molecule has 0 bridgehead atoms. The molecular weight excluding hydrogens is 230 g/mol. The molecule has 0 spiro atoms. The van der Waals surface area contributed by atoms with Gasteiger partial charge in [-0.15, -0.1) is 10.2 Å². The number of amides is 1. The van der Waals surface area contributed by atoms with E-state index in [4.69, 9.17) is 16.7 Å². The first kappa shape index (κ1) is 12.9. The molecule has 0 saturated heterocycles. The minimum absolute atomic E-state index is 0.0135.